The van der Waals surface area contributed by atoms with Crippen molar-refractivity contribution in [3.05, 3.63) is 35.9 Å². The first-order valence-corrected chi connectivity index (χ1v) is 7.54. The molecule has 1 atom stereocenters. The fourth-order valence-corrected chi connectivity index (χ4v) is 2.19. The molecule has 0 radical (unpaired) electrons. The number of benzene rings is 1. The molecule has 22 heavy (non-hydrogen) atoms. The van der Waals surface area contributed by atoms with E-state index in [1.54, 1.807) is 26.0 Å². The van der Waals surface area contributed by atoms with Crippen LogP contribution in [0.2, 0.25) is 0 Å². The normalized spacial score (nSPS) is 12.3. The third-order valence-corrected chi connectivity index (χ3v) is 3.46. The first-order chi connectivity index (χ1) is 10.3. The van der Waals surface area contributed by atoms with Crippen molar-refractivity contribution in [2.24, 2.45) is 5.92 Å². The summed E-state index contributed by atoms with van der Waals surface area (Å²) in [4.78, 5) is 27.1. The fraction of sp³-hybridized carbons (Fsp3) is 0.529. The van der Waals surface area contributed by atoms with Gasteiger partial charge in [-0.3, -0.25) is 14.5 Å². The molecule has 1 aromatic rings. The van der Waals surface area contributed by atoms with E-state index in [9.17, 15) is 9.59 Å². The lowest BCUT2D eigenvalue weighted by atomic mass is 9.96. The molecule has 1 unspecified atom stereocenters. The molecule has 0 saturated carbocycles. The van der Waals surface area contributed by atoms with Crippen molar-refractivity contribution in [1.29, 1.82) is 0 Å². The number of hydrogen-bond donors (Lipinski definition) is 1. The Morgan fingerprint density at radius 3 is 2.14 bits per heavy atom. The van der Waals surface area contributed by atoms with E-state index >= 15 is 0 Å². The van der Waals surface area contributed by atoms with Crippen LogP contribution in [-0.2, 0) is 9.59 Å². The summed E-state index contributed by atoms with van der Waals surface area (Å²) in [6, 6.07) is 9.92. The van der Waals surface area contributed by atoms with Crippen LogP contribution in [0.3, 0.4) is 0 Å². The first-order valence-electron chi connectivity index (χ1n) is 7.54. The van der Waals surface area contributed by atoms with Gasteiger partial charge in [0.15, 0.2) is 0 Å². The topological polar surface area (TPSA) is 52.7 Å². The van der Waals surface area contributed by atoms with Crippen LogP contribution in [0.5, 0.6) is 0 Å². The van der Waals surface area contributed by atoms with Crippen LogP contribution >= 0.6 is 0 Å². The number of nitrogens with zero attached hydrogens (tertiary/aromatic N) is 2. The monoisotopic (exact) mass is 305 g/mol. The molecule has 0 fully saturated rings. The van der Waals surface area contributed by atoms with E-state index in [1.165, 1.54) is 4.90 Å². The fourth-order valence-electron chi connectivity index (χ4n) is 2.19. The van der Waals surface area contributed by atoms with Gasteiger partial charge in [0.1, 0.15) is 0 Å². The predicted molar refractivity (Wildman–Crippen MR) is 88.4 cm³/mol. The summed E-state index contributed by atoms with van der Waals surface area (Å²) < 4.78 is 0. The number of carbonyl (C=O) groups excluding carboxylic acids is 2. The van der Waals surface area contributed by atoms with Gasteiger partial charge >= 0.3 is 0 Å². The highest BCUT2D eigenvalue weighted by atomic mass is 16.2. The Morgan fingerprint density at radius 2 is 1.64 bits per heavy atom. The van der Waals surface area contributed by atoms with Gasteiger partial charge in [-0.25, -0.2) is 0 Å². The molecular weight excluding hydrogens is 278 g/mol. The third-order valence-electron chi connectivity index (χ3n) is 3.46. The Balaban J connectivity index is 2.60. The zero-order valence-electron chi connectivity index (χ0n) is 14.2. The number of nitrogens with one attached hydrogen (secondary N) is 1. The molecule has 0 spiro atoms. The van der Waals surface area contributed by atoms with Gasteiger partial charge in [0, 0.05) is 14.1 Å². The molecule has 122 valence electrons. The van der Waals surface area contributed by atoms with Crippen molar-refractivity contribution >= 4 is 11.8 Å². The third kappa shape index (κ3) is 5.85. The first kappa shape index (κ1) is 18.2. The molecular formula is C17H27N3O2. The molecule has 5 nitrogen and oxygen atoms in total. The second-order valence-electron chi connectivity index (χ2n) is 6.16. The van der Waals surface area contributed by atoms with Crippen molar-refractivity contribution in [3.63, 3.8) is 0 Å². The molecule has 1 aromatic carbocycles. The minimum absolute atomic E-state index is 0.0150. The smallest absolute Gasteiger partial charge is 0.236 e. The molecule has 1 rings (SSSR count). The van der Waals surface area contributed by atoms with E-state index in [-0.39, 0.29) is 30.9 Å². The van der Waals surface area contributed by atoms with E-state index in [2.05, 4.69) is 19.2 Å². The van der Waals surface area contributed by atoms with E-state index in [0.717, 1.165) is 5.56 Å². The quantitative estimate of drug-likeness (QED) is 0.831. The van der Waals surface area contributed by atoms with Gasteiger partial charge in [0.2, 0.25) is 11.8 Å². The maximum atomic E-state index is 12.2. The largest absolute Gasteiger partial charge is 0.348 e. The van der Waals surface area contributed by atoms with Crippen LogP contribution < -0.4 is 5.32 Å². The van der Waals surface area contributed by atoms with E-state index in [4.69, 9.17) is 0 Å². The molecule has 5 heteroatoms. The summed E-state index contributed by atoms with van der Waals surface area (Å²) in [5, 5.41) is 3.06. The summed E-state index contributed by atoms with van der Waals surface area (Å²) in [6.07, 6.45) is 0. The Bertz CT molecular complexity index is 486. The van der Waals surface area contributed by atoms with Crippen molar-refractivity contribution in [2.45, 2.75) is 19.9 Å². The Labute approximate surface area is 133 Å². The van der Waals surface area contributed by atoms with Crippen LogP contribution in [0.25, 0.3) is 0 Å². The van der Waals surface area contributed by atoms with Crippen molar-refractivity contribution < 1.29 is 9.59 Å². The van der Waals surface area contributed by atoms with Crippen LogP contribution in [0.1, 0.15) is 25.5 Å². The van der Waals surface area contributed by atoms with Crippen LogP contribution in [-0.4, -0.2) is 55.8 Å². The molecule has 0 bridgehead atoms. The number of carbonyl (C=O) groups is 2. The summed E-state index contributed by atoms with van der Waals surface area (Å²) in [6.45, 7) is 4.60. The molecule has 2 amide bonds. The molecule has 1 N–H and O–H groups in total. The lowest BCUT2D eigenvalue weighted by Crippen LogP contribution is -2.42. The minimum atomic E-state index is -0.0726. The number of amides is 2. The van der Waals surface area contributed by atoms with Gasteiger partial charge in [-0.2, -0.15) is 0 Å². The Morgan fingerprint density at radius 1 is 1.05 bits per heavy atom. The molecule has 0 aromatic heterocycles. The van der Waals surface area contributed by atoms with E-state index in [1.807, 2.05) is 30.3 Å². The van der Waals surface area contributed by atoms with Crippen molar-refractivity contribution in [3.8, 4) is 0 Å². The van der Waals surface area contributed by atoms with Gasteiger partial charge in [0.25, 0.3) is 0 Å². The summed E-state index contributed by atoms with van der Waals surface area (Å²) >= 11 is 0. The van der Waals surface area contributed by atoms with Gasteiger partial charge in [-0.15, -0.1) is 0 Å². The lowest BCUT2D eigenvalue weighted by Gasteiger charge is -2.25. The highest BCUT2D eigenvalue weighted by Gasteiger charge is 2.19. The second-order valence-corrected chi connectivity index (χ2v) is 6.16. The zero-order valence-corrected chi connectivity index (χ0v) is 14.2. The van der Waals surface area contributed by atoms with Crippen LogP contribution in [0, 0.1) is 5.92 Å². The maximum Gasteiger partial charge on any atom is 0.236 e. The summed E-state index contributed by atoms with van der Waals surface area (Å²) in [5.74, 6) is 0.204. The average Bonchev–Trinajstić information content (AvgIpc) is 2.45. The predicted octanol–water partition coefficient (Wildman–Crippen LogP) is 1.52. The van der Waals surface area contributed by atoms with Gasteiger partial charge in [0.05, 0.1) is 19.1 Å². The Hall–Kier alpha value is -1.88. The van der Waals surface area contributed by atoms with Crippen LogP contribution in [0.15, 0.2) is 30.3 Å². The van der Waals surface area contributed by atoms with Crippen molar-refractivity contribution in [2.75, 3.05) is 34.2 Å². The molecule has 0 aliphatic heterocycles. The second kappa shape index (κ2) is 8.54. The molecule has 0 aliphatic rings. The van der Waals surface area contributed by atoms with E-state index in [0.29, 0.717) is 5.92 Å². The lowest BCUT2D eigenvalue weighted by molar-refractivity contribution is -0.130. The van der Waals surface area contributed by atoms with Gasteiger partial charge in [-0.05, 0) is 18.5 Å². The number of likely N-dealkylation sites (N-methyl/N-ethyl adjacent to an activating group) is 2. The highest BCUT2D eigenvalue weighted by Crippen LogP contribution is 2.21. The summed E-state index contributed by atoms with van der Waals surface area (Å²) in [7, 11) is 5.19. The zero-order chi connectivity index (χ0) is 16.7. The molecule has 0 heterocycles. The van der Waals surface area contributed by atoms with E-state index < -0.39 is 0 Å². The molecule has 0 saturated heterocycles. The molecule has 0 aliphatic carbocycles. The van der Waals surface area contributed by atoms with Crippen LogP contribution in [0.4, 0.5) is 0 Å². The Kier molecular flexibility index (Phi) is 7.05. The van der Waals surface area contributed by atoms with Gasteiger partial charge in [-0.1, -0.05) is 44.2 Å². The average molecular weight is 305 g/mol. The minimum Gasteiger partial charge on any atom is -0.348 e. The SMILES string of the molecule is CC(C)C(NC(=O)CN(C)CC(=O)N(C)C)c1ccccc1. The number of rotatable bonds is 7. The maximum absolute atomic E-state index is 12.2. The number of hydrogen-bond acceptors (Lipinski definition) is 3. The highest BCUT2D eigenvalue weighted by molar-refractivity contribution is 5.81. The standard InChI is InChI=1S/C17H27N3O2/c1-13(2)17(14-9-7-6-8-10-14)18-15(21)11-20(5)12-16(22)19(3)4/h6-10,13,17H,11-12H2,1-5H3,(H,18,21). The van der Waals surface area contributed by atoms with Gasteiger partial charge < -0.3 is 10.2 Å². The van der Waals surface area contributed by atoms with Crippen molar-refractivity contribution in [1.82, 2.24) is 15.1 Å². The summed E-state index contributed by atoms with van der Waals surface area (Å²) in [5.41, 5.74) is 1.10.